The van der Waals surface area contributed by atoms with E-state index in [9.17, 15) is 15.0 Å². The molecule has 2 aromatic heterocycles. The number of carbonyl (C=O) groups is 1. The zero-order valence-corrected chi connectivity index (χ0v) is 19.6. The van der Waals surface area contributed by atoms with Crippen LogP contribution in [-0.2, 0) is 4.74 Å². The number of hydrogen-bond acceptors (Lipinski definition) is 11. The number of benzene rings is 1. The molecular formula is C22H28N8O6. The summed E-state index contributed by atoms with van der Waals surface area (Å²) in [5.74, 6) is 1.47. The maximum Gasteiger partial charge on any atom is 0.319 e. The van der Waals surface area contributed by atoms with Crippen molar-refractivity contribution in [2.24, 2.45) is 0 Å². The van der Waals surface area contributed by atoms with Crippen LogP contribution in [0.5, 0.6) is 11.5 Å². The number of aliphatic hydroxyl groups excluding tert-OH is 2. The van der Waals surface area contributed by atoms with Gasteiger partial charge in [0.05, 0.1) is 6.33 Å². The fraction of sp³-hybridized carbons (Fsp3) is 0.455. The molecule has 192 valence electrons. The van der Waals surface area contributed by atoms with Gasteiger partial charge in [0, 0.05) is 24.8 Å². The van der Waals surface area contributed by atoms with Crippen LogP contribution < -0.4 is 25.8 Å². The molecule has 14 nitrogen and oxygen atoms in total. The maximum absolute atomic E-state index is 12.2. The van der Waals surface area contributed by atoms with Gasteiger partial charge in [-0.2, -0.15) is 0 Å². The Morgan fingerprint density at radius 1 is 1.22 bits per heavy atom. The Hall–Kier alpha value is -3.72. The van der Waals surface area contributed by atoms with Gasteiger partial charge >= 0.3 is 6.03 Å². The van der Waals surface area contributed by atoms with Crippen molar-refractivity contribution in [1.29, 1.82) is 0 Å². The standard InChI is InChI=1S/C22H28N8O6/c1-29(6-2-5-24-22(33)28-12-3-4-13-14(7-12)35-11-34-13)8-15-17(31)18(32)21(36-15)30-10-27-16-19(23)25-9-26-20(16)30/h3-4,7,9-10,15,17-18,21,31-32H,2,5-6,8,11H2,1H3,(H2,23,25,26)(H2,24,28,33)/t15-,17-,18-,21-/m1/s1. The van der Waals surface area contributed by atoms with Crippen LogP contribution in [0.4, 0.5) is 16.3 Å². The van der Waals surface area contributed by atoms with Crippen LogP contribution >= 0.6 is 0 Å². The molecule has 1 saturated heterocycles. The maximum atomic E-state index is 12.2. The van der Waals surface area contributed by atoms with E-state index in [1.165, 1.54) is 12.7 Å². The highest BCUT2D eigenvalue weighted by molar-refractivity contribution is 5.89. The van der Waals surface area contributed by atoms with Crippen molar-refractivity contribution in [1.82, 2.24) is 29.7 Å². The molecule has 0 unspecified atom stereocenters. The van der Waals surface area contributed by atoms with Crippen LogP contribution in [0, 0.1) is 0 Å². The van der Waals surface area contributed by atoms with Crippen LogP contribution in [0.3, 0.4) is 0 Å². The quantitative estimate of drug-likeness (QED) is 0.260. The van der Waals surface area contributed by atoms with Crippen molar-refractivity contribution in [2.75, 3.05) is 44.5 Å². The lowest BCUT2D eigenvalue weighted by Crippen LogP contribution is -2.39. The number of aromatic nitrogens is 4. The number of carbonyl (C=O) groups excluding carboxylic acids is 1. The first-order valence-electron chi connectivity index (χ1n) is 11.5. The minimum atomic E-state index is -1.17. The van der Waals surface area contributed by atoms with Gasteiger partial charge in [0.25, 0.3) is 0 Å². The van der Waals surface area contributed by atoms with Crippen molar-refractivity contribution in [3.8, 4) is 11.5 Å². The Morgan fingerprint density at radius 2 is 2.06 bits per heavy atom. The van der Waals surface area contributed by atoms with E-state index in [-0.39, 0.29) is 18.6 Å². The number of likely N-dealkylation sites (N-methyl/N-ethyl adjacent to an activating group) is 1. The molecule has 0 spiro atoms. The van der Waals surface area contributed by atoms with Gasteiger partial charge < -0.3 is 45.7 Å². The van der Waals surface area contributed by atoms with Crippen LogP contribution in [-0.4, -0.2) is 92.4 Å². The largest absolute Gasteiger partial charge is 0.454 e. The van der Waals surface area contributed by atoms with Crippen molar-refractivity contribution in [3.63, 3.8) is 0 Å². The minimum absolute atomic E-state index is 0.172. The average Bonchev–Trinajstić information content (AvgIpc) is 3.56. The predicted molar refractivity (Wildman–Crippen MR) is 127 cm³/mol. The number of amides is 2. The summed E-state index contributed by atoms with van der Waals surface area (Å²) in [6.07, 6.45) is -0.320. The molecule has 6 N–H and O–H groups in total. The average molecular weight is 501 g/mol. The SMILES string of the molecule is CN(CCCNC(=O)Nc1ccc2c(c1)OCO2)C[C@H]1O[C@@H](n2cnc3c(N)ncnc32)[C@H](O)[C@@H]1O. The summed E-state index contributed by atoms with van der Waals surface area (Å²) in [5, 5.41) is 26.7. The number of aliphatic hydroxyl groups is 2. The van der Waals surface area contributed by atoms with Crippen LogP contribution in [0.25, 0.3) is 11.2 Å². The number of nitrogens with one attached hydrogen (secondary N) is 2. The molecule has 2 aliphatic rings. The summed E-state index contributed by atoms with van der Waals surface area (Å²) in [7, 11) is 1.88. The first kappa shape index (κ1) is 24.0. The molecule has 1 fully saturated rings. The van der Waals surface area contributed by atoms with Gasteiger partial charge in [-0.15, -0.1) is 0 Å². The number of ether oxygens (including phenoxy) is 3. The van der Waals surface area contributed by atoms with E-state index in [4.69, 9.17) is 19.9 Å². The van der Waals surface area contributed by atoms with Crippen LogP contribution in [0.1, 0.15) is 12.6 Å². The van der Waals surface area contributed by atoms with E-state index in [1.807, 2.05) is 11.9 Å². The number of hydrogen-bond donors (Lipinski definition) is 5. The molecule has 3 aromatic rings. The van der Waals surface area contributed by atoms with Crippen LogP contribution in [0.15, 0.2) is 30.9 Å². The monoisotopic (exact) mass is 500 g/mol. The molecule has 2 aliphatic heterocycles. The summed E-state index contributed by atoms with van der Waals surface area (Å²) in [6.45, 7) is 1.63. The van der Waals surface area contributed by atoms with Gasteiger partial charge in [0.15, 0.2) is 29.2 Å². The van der Waals surface area contributed by atoms with Crippen molar-refractivity contribution < 1.29 is 29.2 Å². The lowest BCUT2D eigenvalue weighted by molar-refractivity contribution is -0.0421. The second kappa shape index (κ2) is 10.1. The van der Waals surface area contributed by atoms with E-state index in [0.717, 1.165) is 0 Å². The zero-order valence-electron chi connectivity index (χ0n) is 19.6. The Kier molecular flexibility index (Phi) is 6.73. The smallest absolute Gasteiger partial charge is 0.319 e. The molecule has 4 atom stereocenters. The highest BCUT2D eigenvalue weighted by Gasteiger charge is 2.44. The van der Waals surface area contributed by atoms with Crippen molar-refractivity contribution in [3.05, 3.63) is 30.9 Å². The third kappa shape index (κ3) is 4.83. The summed E-state index contributed by atoms with van der Waals surface area (Å²) >= 11 is 0. The number of fused-ring (bicyclic) bond motifs is 2. The molecule has 0 radical (unpaired) electrons. The van der Waals surface area contributed by atoms with Gasteiger partial charge in [-0.3, -0.25) is 4.57 Å². The molecule has 0 saturated carbocycles. The number of rotatable bonds is 8. The molecule has 1 aromatic carbocycles. The number of nitrogens with two attached hydrogens (primary N) is 1. The Morgan fingerprint density at radius 3 is 2.92 bits per heavy atom. The molecule has 4 heterocycles. The molecule has 14 heteroatoms. The summed E-state index contributed by atoms with van der Waals surface area (Å²) in [4.78, 5) is 26.4. The fourth-order valence-electron chi connectivity index (χ4n) is 4.27. The van der Waals surface area contributed by atoms with E-state index in [1.54, 1.807) is 22.8 Å². The predicted octanol–water partition coefficient (Wildman–Crippen LogP) is -0.1000. The third-order valence-electron chi connectivity index (χ3n) is 6.12. The second-order valence-electron chi connectivity index (χ2n) is 8.69. The highest BCUT2D eigenvalue weighted by atomic mass is 16.7. The normalized spacial score (nSPS) is 22.9. The number of imidazole rings is 1. The summed E-state index contributed by atoms with van der Waals surface area (Å²) in [6, 6.07) is 4.86. The fourth-order valence-corrected chi connectivity index (χ4v) is 4.27. The first-order chi connectivity index (χ1) is 17.4. The van der Waals surface area contributed by atoms with Gasteiger partial charge in [0.1, 0.15) is 30.2 Å². The molecule has 5 rings (SSSR count). The highest BCUT2D eigenvalue weighted by Crippen LogP contribution is 2.34. The first-order valence-corrected chi connectivity index (χ1v) is 11.5. The minimum Gasteiger partial charge on any atom is -0.454 e. The van der Waals surface area contributed by atoms with E-state index in [2.05, 4.69) is 25.6 Å². The number of nitrogens with zero attached hydrogens (tertiary/aromatic N) is 5. The van der Waals surface area contributed by atoms with Gasteiger partial charge in [-0.25, -0.2) is 19.7 Å². The second-order valence-corrected chi connectivity index (χ2v) is 8.69. The number of anilines is 2. The molecule has 0 aliphatic carbocycles. The lowest BCUT2D eigenvalue weighted by Gasteiger charge is -2.22. The Labute approximate surface area is 206 Å². The van der Waals surface area contributed by atoms with E-state index >= 15 is 0 Å². The number of urea groups is 1. The lowest BCUT2D eigenvalue weighted by atomic mass is 10.1. The van der Waals surface area contributed by atoms with Gasteiger partial charge in [-0.1, -0.05) is 0 Å². The molecule has 36 heavy (non-hydrogen) atoms. The Bertz CT molecular complexity index is 1240. The third-order valence-corrected chi connectivity index (χ3v) is 6.12. The molecule has 0 bridgehead atoms. The molecular weight excluding hydrogens is 472 g/mol. The van der Waals surface area contributed by atoms with E-state index in [0.29, 0.717) is 54.4 Å². The summed E-state index contributed by atoms with van der Waals surface area (Å²) < 4.78 is 18.1. The van der Waals surface area contributed by atoms with Gasteiger partial charge in [-0.05, 0) is 32.1 Å². The number of nitrogen functional groups attached to an aromatic ring is 1. The van der Waals surface area contributed by atoms with Crippen molar-refractivity contribution in [2.45, 2.75) is 31.0 Å². The topological polar surface area (TPSA) is 182 Å². The van der Waals surface area contributed by atoms with Gasteiger partial charge in [0.2, 0.25) is 6.79 Å². The summed E-state index contributed by atoms with van der Waals surface area (Å²) in [5.41, 5.74) is 7.25. The zero-order chi connectivity index (χ0) is 25.2. The van der Waals surface area contributed by atoms with Crippen molar-refractivity contribution >= 4 is 28.7 Å². The van der Waals surface area contributed by atoms with E-state index < -0.39 is 24.5 Å². The Balaban J connectivity index is 1.07. The van der Waals surface area contributed by atoms with Crippen LogP contribution in [0.2, 0.25) is 0 Å². The molecule has 2 amide bonds.